The smallest absolute Gasteiger partial charge is 0.146 e. The SMILES string of the molecule is Cc1c(F)cccc1-c1ccc(N)nn1. The molecule has 1 aromatic heterocycles. The maximum absolute atomic E-state index is 13.3. The summed E-state index contributed by atoms with van der Waals surface area (Å²) in [6.45, 7) is 1.71. The first-order valence-corrected chi connectivity index (χ1v) is 4.53. The van der Waals surface area contributed by atoms with Crippen LogP contribution in [0.2, 0.25) is 0 Å². The molecule has 0 spiro atoms. The summed E-state index contributed by atoms with van der Waals surface area (Å²) in [5, 5.41) is 7.64. The summed E-state index contributed by atoms with van der Waals surface area (Å²) in [6, 6.07) is 8.24. The van der Waals surface area contributed by atoms with Gasteiger partial charge in [0.05, 0.1) is 5.69 Å². The topological polar surface area (TPSA) is 51.8 Å². The predicted octanol–water partition coefficient (Wildman–Crippen LogP) is 2.17. The molecule has 0 saturated carbocycles. The number of hydrogen-bond acceptors (Lipinski definition) is 3. The average Bonchev–Trinajstić information content (AvgIpc) is 2.24. The predicted molar refractivity (Wildman–Crippen MR) is 56.6 cm³/mol. The average molecular weight is 203 g/mol. The largest absolute Gasteiger partial charge is 0.382 e. The molecule has 0 unspecified atom stereocenters. The molecule has 0 aliphatic carbocycles. The van der Waals surface area contributed by atoms with E-state index < -0.39 is 0 Å². The molecule has 1 aromatic carbocycles. The Hall–Kier alpha value is -1.97. The van der Waals surface area contributed by atoms with Crippen LogP contribution in [-0.4, -0.2) is 10.2 Å². The van der Waals surface area contributed by atoms with Crippen molar-refractivity contribution in [1.82, 2.24) is 10.2 Å². The molecule has 0 saturated heterocycles. The van der Waals surface area contributed by atoms with E-state index in [2.05, 4.69) is 10.2 Å². The Morgan fingerprint density at radius 2 is 1.93 bits per heavy atom. The Kier molecular flexibility index (Phi) is 2.33. The van der Waals surface area contributed by atoms with Gasteiger partial charge >= 0.3 is 0 Å². The molecule has 0 radical (unpaired) electrons. The van der Waals surface area contributed by atoms with Crippen LogP contribution in [0.5, 0.6) is 0 Å². The summed E-state index contributed by atoms with van der Waals surface area (Å²) in [4.78, 5) is 0. The lowest BCUT2D eigenvalue weighted by atomic mass is 10.1. The van der Waals surface area contributed by atoms with Gasteiger partial charge in [-0.25, -0.2) is 4.39 Å². The molecular weight excluding hydrogens is 193 g/mol. The summed E-state index contributed by atoms with van der Waals surface area (Å²) in [5.74, 6) is 0.110. The van der Waals surface area contributed by atoms with Crippen molar-refractivity contribution in [3.8, 4) is 11.3 Å². The van der Waals surface area contributed by atoms with Gasteiger partial charge in [0.2, 0.25) is 0 Å². The van der Waals surface area contributed by atoms with E-state index in [9.17, 15) is 4.39 Å². The minimum Gasteiger partial charge on any atom is -0.382 e. The van der Waals surface area contributed by atoms with Crippen LogP contribution in [0.4, 0.5) is 10.2 Å². The number of benzene rings is 1. The number of hydrogen-bond donors (Lipinski definition) is 1. The van der Waals surface area contributed by atoms with Crippen LogP contribution in [0.3, 0.4) is 0 Å². The Balaban J connectivity index is 2.54. The highest BCUT2D eigenvalue weighted by molar-refractivity contribution is 5.63. The fourth-order valence-electron chi connectivity index (χ4n) is 1.37. The van der Waals surface area contributed by atoms with Crippen molar-refractivity contribution in [2.24, 2.45) is 0 Å². The molecule has 0 bridgehead atoms. The number of nitrogen functional groups attached to an aromatic ring is 1. The van der Waals surface area contributed by atoms with Crippen LogP contribution >= 0.6 is 0 Å². The van der Waals surface area contributed by atoms with Crippen LogP contribution in [0, 0.1) is 12.7 Å². The molecular formula is C11H10FN3. The van der Waals surface area contributed by atoms with E-state index >= 15 is 0 Å². The van der Waals surface area contributed by atoms with E-state index in [1.165, 1.54) is 6.07 Å². The Bertz CT molecular complexity index is 480. The first-order chi connectivity index (χ1) is 7.18. The normalized spacial score (nSPS) is 10.3. The van der Waals surface area contributed by atoms with E-state index in [0.29, 0.717) is 17.1 Å². The Labute approximate surface area is 86.8 Å². The van der Waals surface area contributed by atoms with Crippen LogP contribution in [-0.2, 0) is 0 Å². The first-order valence-electron chi connectivity index (χ1n) is 4.53. The first kappa shape index (κ1) is 9.58. The van der Waals surface area contributed by atoms with Gasteiger partial charge in [0.1, 0.15) is 11.6 Å². The van der Waals surface area contributed by atoms with Gasteiger partial charge in [0.15, 0.2) is 0 Å². The molecule has 0 aliphatic rings. The van der Waals surface area contributed by atoms with Crippen molar-refractivity contribution in [2.45, 2.75) is 6.92 Å². The zero-order valence-electron chi connectivity index (χ0n) is 8.24. The number of anilines is 1. The standard InChI is InChI=1S/C11H10FN3/c1-7-8(3-2-4-9(7)12)10-5-6-11(13)15-14-10/h2-6H,1H3,(H2,13,15). The lowest BCUT2D eigenvalue weighted by Gasteiger charge is -2.04. The minimum atomic E-state index is -0.244. The van der Waals surface area contributed by atoms with Gasteiger partial charge < -0.3 is 5.73 Å². The molecule has 2 rings (SSSR count). The summed E-state index contributed by atoms with van der Waals surface area (Å²) in [5.41, 5.74) is 7.36. The second-order valence-corrected chi connectivity index (χ2v) is 3.26. The molecule has 1 heterocycles. The van der Waals surface area contributed by atoms with Crippen LogP contribution in [0.15, 0.2) is 30.3 Å². The molecule has 3 nitrogen and oxygen atoms in total. The number of halogens is 1. The van der Waals surface area contributed by atoms with Crippen molar-refractivity contribution < 1.29 is 4.39 Å². The molecule has 0 amide bonds. The molecule has 4 heteroatoms. The number of aromatic nitrogens is 2. The van der Waals surface area contributed by atoms with Gasteiger partial charge in [-0.1, -0.05) is 12.1 Å². The molecule has 76 valence electrons. The van der Waals surface area contributed by atoms with E-state index in [1.807, 2.05) is 0 Å². The van der Waals surface area contributed by atoms with E-state index in [0.717, 1.165) is 5.56 Å². The van der Waals surface area contributed by atoms with Crippen LogP contribution < -0.4 is 5.73 Å². The molecule has 2 N–H and O–H groups in total. The highest BCUT2D eigenvalue weighted by atomic mass is 19.1. The lowest BCUT2D eigenvalue weighted by Crippen LogP contribution is -1.95. The summed E-state index contributed by atoms with van der Waals surface area (Å²) < 4.78 is 13.3. The third-order valence-corrected chi connectivity index (χ3v) is 2.23. The van der Waals surface area contributed by atoms with Gasteiger partial charge in [0, 0.05) is 5.56 Å². The van der Waals surface area contributed by atoms with Gasteiger partial charge in [-0.15, -0.1) is 10.2 Å². The fraction of sp³-hybridized carbons (Fsp3) is 0.0909. The quantitative estimate of drug-likeness (QED) is 0.772. The van der Waals surface area contributed by atoms with E-state index in [4.69, 9.17) is 5.73 Å². The lowest BCUT2D eigenvalue weighted by molar-refractivity contribution is 0.619. The second kappa shape index (κ2) is 3.65. The highest BCUT2D eigenvalue weighted by Gasteiger charge is 2.06. The monoisotopic (exact) mass is 203 g/mol. The molecule has 0 aliphatic heterocycles. The third-order valence-electron chi connectivity index (χ3n) is 2.23. The summed E-state index contributed by atoms with van der Waals surface area (Å²) in [7, 11) is 0. The zero-order chi connectivity index (χ0) is 10.8. The Morgan fingerprint density at radius 1 is 1.13 bits per heavy atom. The molecule has 0 fully saturated rings. The zero-order valence-corrected chi connectivity index (χ0v) is 8.24. The fourth-order valence-corrected chi connectivity index (χ4v) is 1.37. The molecule has 15 heavy (non-hydrogen) atoms. The van der Waals surface area contributed by atoms with Crippen molar-refractivity contribution in [3.63, 3.8) is 0 Å². The number of nitrogens with two attached hydrogens (primary N) is 1. The maximum Gasteiger partial charge on any atom is 0.146 e. The van der Waals surface area contributed by atoms with Crippen molar-refractivity contribution in [3.05, 3.63) is 41.7 Å². The maximum atomic E-state index is 13.3. The summed E-state index contributed by atoms with van der Waals surface area (Å²) in [6.07, 6.45) is 0. The molecule has 2 aromatic rings. The van der Waals surface area contributed by atoms with Crippen molar-refractivity contribution in [2.75, 3.05) is 5.73 Å². The highest BCUT2D eigenvalue weighted by Crippen LogP contribution is 2.22. The van der Waals surface area contributed by atoms with Gasteiger partial charge in [-0.05, 0) is 30.7 Å². The summed E-state index contributed by atoms with van der Waals surface area (Å²) >= 11 is 0. The van der Waals surface area contributed by atoms with E-state index in [-0.39, 0.29) is 5.82 Å². The van der Waals surface area contributed by atoms with Crippen LogP contribution in [0.1, 0.15) is 5.56 Å². The molecule has 0 atom stereocenters. The third kappa shape index (κ3) is 1.79. The second-order valence-electron chi connectivity index (χ2n) is 3.26. The van der Waals surface area contributed by atoms with Gasteiger partial charge in [0.25, 0.3) is 0 Å². The van der Waals surface area contributed by atoms with Crippen molar-refractivity contribution >= 4 is 5.82 Å². The van der Waals surface area contributed by atoms with Gasteiger partial charge in [-0.2, -0.15) is 0 Å². The minimum absolute atomic E-state index is 0.244. The Morgan fingerprint density at radius 3 is 2.60 bits per heavy atom. The number of nitrogens with zero attached hydrogens (tertiary/aromatic N) is 2. The van der Waals surface area contributed by atoms with E-state index in [1.54, 1.807) is 31.2 Å². The van der Waals surface area contributed by atoms with Crippen molar-refractivity contribution in [1.29, 1.82) is 0 Å². The number of rotatable bonds is 1. The van der Waals surface area contributed by atoms with Crippen LogP contribution in [0.25, 0.3) is 11.3 Å². The van der Waals surface area contributed by atoms with Gasteiger partial charge in [-0.3, -0.25) is 0 Å².